The van der Waals surface area contributed by atoms with Crippen molar-refractivity contribution in [1.29, 1.82) is 0 Å². The summed E-state index contributed by atoms with van der Waals surface area (Å²) < 4.78 is 0. The molecule has 1 saturated heterocycles. The van der Waals surface area contributed by atoms with Gasteiger partial charge in [-0.2, -0.15) is 0 Å². The summed E-state index contributed by atoms with van der Waals surface area (Å²) in [6, 6.07) is 10.2. The Morgan fingerprint density at radius 3 is 2.71 bits per heavy atom. The molecule has 4 nitrogen and oxygen atoms in total. The van der Waals surface area contributed by atoms with Gasteiger partial charge in [0.15, 0.2) is 0 Å². The van der Waals surface area contributed by atoms with Gasteiger partial charge in [0.25, 0.3) is 0 Å². The zero-order valence-electron chi connectivity index (χ0n) is 9.83. The Labute approximate surface area is 101 Å². The van der Waals surface area contributed by atoms with E-state index in [1.165, 1.54) is 5.56 Å². The van der Waals surface area contributed by atoms with Crippen LogP contribution < -0.4 is 0 Å². The van der Waals surface area contributed by atoms with Gasteiger partial charge in [-0.1, -0.05) is 30.3 Å². The summed E-state index contributed by atoms with van der Waals surface area (Å²) in [4.78, 5) is 14.7. The van der Waals surface area contributed by atoms with E-state index in [0.29, 0.717) is 6.54 Å². The Hall–Kier alpha value is -1.39. The fourth-order valence-corrected chi connectivity index (χ4v) is 2.22. The lowest BCUT2D eigenvalue weighted by Crippen LogP contribution is -2.53. The van der Waals surface area contributed by atoms with Crippen molar-refractivity contribution in [3.8, 4) is 0 Å². The Kier molecular flexibility index (Phi) is 4.12. The first-order valence-corrected chi connectivity index (χ1v) is 5.91. The molecule has 0 unspecified atom stereocenters. The number of rotatable bonds is 4. The minimum absolute atomic E-state index is 0.0318. The average Bonchev–Trinajstić information content (AvgIpc) is 2.40. The molecule has 1 aromatic rings. The molecule has 1 aliphatic rings. The number of aliphatic hydroxyl groups is 1. The molecule has 0 aliphatic carbocycles. The maximum absolute atomic E-state index is 10.8. The van der Waals surface area contributed by atoms with Crippen molar-refractivity contribution in [2.45, 2.75) is 12.6 Å². The third-order valence-corrected chi connectivity index (χ3v) is 3.21. The minimum atomic E-state index is -0.0648. The molecule has 1 amide bonds. The SMILES string of the molecule is O=CN1CCN(Cc2ccccc2)C[C@H]1CO. The number of hydrogen-bond donors (Lipinski definition) is 1. The summed E-state index contributed by atoms with van der Waals surface area (Å²) in [5.41, 5.74) is 1.27. The van der Waals surface area contributed by atoms with Gasteiger partial charge in [-0.15, -0.1) is 0 Å². The van der Waals surface area contributed by atoms with Gasteiger partial charge in [0, 0.05) is 26.2 Å². The first-order chi connectivity index (χ1) is 8.33. The van der Waals surface area contributed by atoms with Gasteiger partial charge in [0.05, 0.1) is 12.6 Å². The standard InChI is InChI=1S/C13H18N2O2/c16-10-13-9-14(6-7-15(13)11-17)8-12-4-2-1-3-5-12/h1-5,11,13,16H,6-10H2/t13-/m0/s1. The molecule has 0 radical (unpaired) electrons. The van der Waals surface area contributed by atoms with Crippen LogP contribution in [0.4, 0.5) is 0 Å². The fourth-order valence-electron chi connectivity index (χ4n) is 2.22. The summed E-state index contributed by atoms with van der Waals surface area (Å²) in [5, 5.41) is 9.25. The molecule has 17 heavy (non-hydrogen) atoms. The van der Waals surface area contributed by atoms with Crippen molar-refractivity contribution >= 4 is 6.41 Å². The number of nitrogens with zero attached hydrogens (tertiary/aromatic N) is 2. The molecule has 0 bridgehead atoms. The predicted molar refractivity (Wildman–Crippen MR) is 65.4 cm³/mol. The third kappa shape index (κ3) is 3.05. The molecular formula is C13H18N2O2. The highest BCUT2D eigenvalue weighted by atomic mass is 16.3. The highest BCUT2D eigenvalue weighted by Gasteiger charge is 2.24. The van der Waals surface area contributed by atoms with Crippen LogP contribution in [0.5, 0.6) is 0 Å². The van der Waals surface area contributed by atoms with Crippen LogP contribution in [-0.4, -0.2) is 53.6 Å². The molecule has 0 spiro atoms. The molecule has 1 aromatic carbocycles. The lowest BCUT2D eigenvalue weighted by atomic mass is 10.1. The fraction of sp³-hybridized carbons (Fsp3) is 0.462. The topological polar surface area (TPSA) is 43.8 Å². The van der Waals surface area contributed by atoms with Crippen molar-refractivity contribution in [1.82, 2.24) is 9.80 Å². The van der Waals surface area contributed by atoms with Gasteiger partial charge < -0.3 is 10.0 Å². The van der Waals surface area contributed by atoms with Crippen molar-refractivity contribution < 1.29 is 9.90 Å². The van der Waals surface area contributed by atoms with E-state index < -0.39 is 0 Å². The molecule has 4 heteroatoms. The molecule has 92 valence electrons. The van der Waals surface area contributed by atoms with E-state index in [4.69, 9.17) is 0 Å². The molecule has 1 atom stereocenters. The summed E-state index contributed by atoms with van der Waals surface area (Å²) in [5.74, 6) is 0. The van der Waals surface area contributed by atoms with E-state index in [2.05, 4.69) is 17.0 Å². The number of aliphatic hydroxyl groups excluding tert-OH is 1. The van der Waals surface area contributed by atoms with Crippen LogP contribution in [0.2, 0.25) is 0 Å². The van der Waals surface area contributed by atoms with Gasteiger partial charge in [-0.25, -0.2) is 0 Å². The van der Waals surface area contributed by atoms with Crippen LogP contribution in [0, 0.1) is 0 Å². The quantitative estimate of drug-likeness (QED) is 0.763. The van der Waals surface area contributed by atoms with Gasteiger partial charge in [0.2, 0.25) is 6.41 Å². The number of piperazine rings is 1. The lowest BCUT2D eigenvalue weighted by molar-refractivity contribution is -0.123. The van der Waals surface area contributed by atoms with Crippen LogP contribution in [-0.2, 0) is 11.3 Å². The maximum atomic E-state index is 10.8. The van der Waals surface area contributed by atoms with E-state index in [0.717, 1.165) is 26.0 Å². The number of benzene rings is 1. The van der Waals surface area contributed by atoms with Crippen molar-refractivity contribution in [2.75, 3.05) is 26.2 Å². The molecule has 1 N–H and O–H groups in total. The zero-order chi connectivity index (χ0) is 12.1. The van der Waals surface area contributed by atoms with Crippen LogP contribution in [0.15, 0.2) is 30.3 Å². The van der Waals surface area contributed by atoms with Gasteiger partial charge in [0.1, 0.15) is 0 Å². The Morgan fingerprint density at radius 2 is 2.06 bits per heavy atom. The first kappa shape index (κ1) is 12.1. The maximum Gasteiger partial charge on any atom is 0.210 e. The second-order valence-electron chi connectivity index (χ2n) is 4.40. The molecule has 1 fully saturated rings. The summed E-state index contributed by atoms with van der Waals surface area (Å²) >= 11 is 0. The average molecular weight is 234 g/mol. The summed E-state index contributed by atoms with van der Waals surface area (Å²) in [6.07, 6.45) is 0.834. The molecule has 2 rings (SSSR count). The molecule has 0 saturated carbocycles. The smallest absolute Gasteiger partial charge is 0.210 e. The second kappa shape index (κ2) is 5.80. The van der Waals surface area contributed by atoms with E-state index >= 15 is 0 Å². The largest absolute Gasteiger partial charge is 0.394 e. The van der Waals surface area contributed by atoms with Crippen molar-refractivity contribution in [3.05, 3.63) is 35.9 Å². The molecule has 0 aromatic heterocycles. The number of hydrogen-bond acceptors (Lipinski definition) is 3. The number of amides is 1. The van der Waals surface area contributed by atoms with Crippen LogP contribution in [0.1, 0.15) is 5.56 Å². The molecule has 1 heterocycles. The van der Waals surface area contributed by atoms with Gasteiger partial charge in [-0.05, 0) is 5.56 Å². The summed E-state index contributed by atoms with van der Waals surface area (Å²) in [7, 11) is 0. The zero-order valence-corrected chi connectivity index (χ0v) is 9.83. The van der Waals surface area contributed by atoms with Crippen LogP contribution in [0.25, 0.3) is 0 Å². The summed E-state index contributed by atoms with van der Waals surface area (Å²) in [6.45, 7) is 3.21. The normalized spacial score (nSPS) is 21.5. The Morgan fingerprint density at radius 1 is 1.29 bits per heavy atom. The van der Waals surface area contributed by atoms with Gasteiger partial charge in [-0.3, -0.25) is 9.69 Å². The highest BCUT2D eigenvalue weighted by Crippen LogP contribution is 2.11. The van der Waals surface area contributed by atoms with E-state index in [1.807, 2.05) is 18.2 Å². The first-order valence-electron chi connectivity index (χ1n) is 5.91. The second-order valence-corrected chi connectivity index (χ2v) is 4.40. The van der Waals surface area contributed by atoms with Crippen molar-refractivity contribution in [3.63, 3.8) is 0 Å². The monoisotopic (exact) mass is 234 g/mol. The Bertz CT molecular complexity index is 356. The van der Waals surface area contributed by atoms with Crippen molar-refractivity contribution in [2.24, 2.45) is 0 Å². The number of carbonyl (C=O) groups is 1. The predicted octanol–water partition coefficient (Wildman–Crippen LogP) is 0.321. The van der Waals surface area contributed by atoms with Gasteiger partial charge >= 0.3 is 0 Å². The lowest BCUT2D eigenvalue weighted by Gasteiger charge is -2.38. The number of carbonyl (C=O) groups excluding carboxylic acids is 1. The van der Waals surface area contributed by atoms with E-state index in [9.17, 15) is 9.90 Å². The third-order valence-electron chi connectivity index (χ3n) is 3.21. The minimum Gasteiger partial charge on any atom is -0.394 e. The molecular weight excluding hydrogens is 216 g/mol. The van der Waals surface area contributed by atoms with E-state index in [1.54, 1.807) is 4.90 Å². The molecule has 1 aliphatic heterocycles. The Balaban J connectivity index is 1.93. The van der Waals surface area contributed by atoms with E-state index in [-0.39, 0.29) is 12.6 Å². The highest BCUT2D eigenvalue weighted by molar-refractivity contribution is 5.48. The van der Waals surface area contributed by atoms with Crippen LogP contribution >= 0.6 is 0 Å². The van der Waals surface area contributed by atoms with Crippen LogP contribution in [0.3, 0.4) is 0 Å².